The number of para-hydroxylation sites is 1. The predicted octanol–water partition coefficient (Wildman–Crippen LogP) is 1.89. The number of nitrogens with zero attached hydrogens (tertiary/aromatic N) is 4. The molecule has 5 rings (SSSR count). The second kappa shape index (κ2) is 6.78. The maximum Gasteiger partial charge on any atom is 0.272 e. The Morgan fingerprint density at radius 1 is 1.21 bits per heavy atom. The van der Waals surface area contributed by atoms with Gasteiger partial charge in [-0.25, -0.2) is 0 Å². The molecule has 1 N–H and O–H groups in total. The molecule has 2 aliphatic rings. The minimum absolute atomic E-state index is 0.00214. The Labute approximate surface area is 161 Å². The zero-order chi connectivity index (χ0) is 19.1. The van der Waals surface area contributed by atoms with Crippen molar-refractivity contribution in [3.8, 4) is 0 Å². The van der Waals surface area contributed by atoms with Crippen LogP contribution in [0.4, 0.5) is 0 Å². The lowest BCUT2D eigenvalue weighted by atomic mass is 10.1. The van der Waals surface area contributed by atoms with Gasteiger partial charge in [0.2, 0.25) is 5.91 Å². The summed E-state index contributed by atoms with van der Waals surface area (Å²) >= 11 is 0. The molecule has 0 unspecified atom stereocenters. The first kappa shape index (κ1) is 17.0. The zero-order valence-corrected chi connectivity index (χ0v) is 15.4. The molecule has 144 valence electrons. The molecule has 1 aliphatic heterocycles. The molecule has 8 heteroatoms. The second-order valence-electron chi connectivity index (χ2n) is 7.46. The van der Waals surface area contributed by atoms with Crippen molar-refractivity contribution in [1.82, 2.24) is 25.2 Å². The van der Waals surface area contributed by atoms with Crippen molar-refractivity contribution in [1.29, 1.82) is 0 Å². The number of nitrogens with one attached hydrogen (secondary N) is 1. The lowest BCUT2D eigenvalue weighted by Gasteiger charge is -2.19. The van der Waals surface area contributed by atoms with E-state index in [4.69, 9.17) is 4.52 Å². The van der Waals surface area contributed by atoms with E-state index in [-0.39, 0.29) is 18.2 Å². The van der Waals surface area contributed by atoms with Gasteiger partial charge < -0.3 is 14.7 Å². The van der Waals surface area contributed by atoms with Crippen molar-refractivity contribution >= 4 is 22.8 Å². The van der Waals surface area contributed by atoms with E-state index >= 15 is 0 Å². The molecule has 1 aliphatic carbocycles. The van der Waals surface area contributed by atoms with E-state index in [0.717, 1.165) is 30.3 Å². The fourth-order valence-electron chi connectivity index (χ4n) is 3.59. The number of aryl methyl sites for hydroxylation is 1. The predicted molar refractivity (Wildman–Crippen MR) is 100 cm³/mol. The molecule has 3 aromatic rings. The number of carbonyl (C=O) groups is 2. The first-order chi connectivity index (χ1) is 13.7. The van der Waals surface area contributed by atoms with Crippen LogP contribution in [-0.4, -0.2) is 44.2 Å². The number of hydrogen-bond acceptors (Lipinski definition) is 5. The Bertz CT molecular complexity index is 1050. The number of carbonyl (C=O) groups excluding carboxylic acids is 2. The van der Waals surface area contributed by atoms with Crippen LogP contribution in [0.25, 0.3) is 11.0 Å². The molecule has 0 saturated heterocycles. The lowest BCUT2D eigenvalue weighted by Crippen LogP contribution is -2.32. The summed E-state index contributed by atoms with van der Waals surface area (Å²) in [6.07, 6.45) is 3.07. The molecular formula is C20H21N5O3. The van der Waals surface area contributed by atoms with Crippen molar-refractivity contribution in [2.75, 3.05) is 6.54 Å². The van der Waals surface area contributed by atoms with Gasteiger partial charge in [-0.2, -0.15) is 5.10 Å². The third-order valence-corrected chi connectivity index (χ3v) is 5.28. The topological polar surface area (TPSA) is 93.3 Å². The Balaban J connectivity index is 1.31. The number of hydrogen-bond donors (Lipinski definition) is 1. The molecule has 1 saturated carbocycles. The summed E-state index contributed by atoms with van der Waals surface area (Å²) in [7, 11) is 0. The van der Waals surface area contributed by atoms with Crippen molar-refractivity contribution in [3.05, 3.63) is 47.4 Å². The van der Waals surface area contributed by atoms with Crippen LogP contribution in [0.3, 0.4) is 0 Å². The van der Waals surface area contributed by atoms with E-state index in [0.29, 0.717) is 42.6 Å². The van der Waals surface area contributed by atoms with Crippen LogP contribution >= 0.6 is 0 Å². The molecule has 0 radical (unpaired) electrons. The molecule has 28 heavy (non-hydrogen) atoms. The van der Waals surface area contributed by atoms with Crippen molar-refractivity contribution in [3.63, 3.8) is 0 Å². The molecule has 0 spiro atoms. The normalized spacial score (nSPS) is 16.6. The van der Waals surface area contributed by atoms with Gasteiger partial charge >= 0.3 is 0 Å². The van der Waals surface area contributed by atoms with Gasteiger partial charge in [0.25, 0.3) is 5.91 Å². The van der Waals surface area contributed by atoms with Crippen LogP contribution in [0, 0.1) is 0 Å². The Morgan fingerprint density at radius 2 is 2.07 bits per heavy atom. The molecule has 3 heterocycles. The summed E-state index contributed by atoms with van der Waals surface area (Å²) in [6, 6.07) is 9.64. The second-order valence-corrected chi connectivity index (χ2v) is 7.46. The lowest BCUT2D eigenvalue weighted by molar-refractivity contribution is -0.131. The molecule has 2 amide bonds. The van der Waals surface area contributed by atoms with Gasteiger partial charge in [0.05, 0.1) is 18.7 Å². The summed E-state index contributed by atoms with van der Waals surface area (Å²) < 4.78 is 7.15. The molecule has 8 nitrogen and oxygen atoms in total. The van der Waals surface area contributed by atoms with Gasteiger partial charge in [-0.05, 0) is 37.5 Å². The van der Waals surface area contributed by atoms with E-state index < -0.39 is 0 Å². The highest BCUT2D eigenvalue weighted by atomic mass is 16.5. The highest BCUT2D eigenvalue weighted by Gasteiger charge is 2.27. The van der Waals surface area contributed by atoms with Crippen LogP contribution in [0.1, 0.15) is 41.1 Å². The Morgan fingerprint density at radius 3 is 2.93 bits per heavy atom. The minimum atomic E-state index is -0.130. The average Bonchev–Trinajstić information content (AvgIpc) is 3.35. The number of amides is 2. The third-order valence-electron chi connectivity index (χ3n) is 5.28. The summed E-state index contributed by atoms with van der Waals surface area (Å²) in [5, 5.41) is 12.3. The SMILES string of the molecule is O=C(NC1CC1)c1cc2n(n1)CCCN(C(=O)Cc1noc3ccccc13)C2. The van der Waals surface area contributed by atoms with Crippen molar-refractivity contribution in [2.24, 2.45) is 0 Å². The van der Waals surface area contributed by atoms with Gasteiger partial charge in [0.15, 0.2) is 11.3 Å². The standard InChI is InChI=1S/C20H21N5O3/c26-19(11-16-15-4-1-2-5-18(15)28-23-16)24-8-3-9-25-14(12-24)10-17(22-25)20(27)21-13-6-7-13/h1-2,4-5,10,13H,3,6-9,11-12H2,(H,21,27). The van der Waals surface area contributed by atoms with E-state index in [1.165, 1.54) is 0 Å². The highest BCUT2D eigenvalue weighted by Crippen LogP contribution is 2.21. The molecule has 0 atom stereocenters. The fourth-order valence-corrected chi connectivity index (χ4v) is 3.59. The van der Waals surface area contributed by atoms with Crippen molar-refractivity contribution < 1.29 is 14.1 Å². The maximum atomic E-state index is 12.9. The van der Waals surface area contributed by atoms with E-state index in [9.17, 15) is 9.59 Å². The van der Waals surface area contributed by atoms with E-state index in [2.05, 4.69) is 15.6 Å². The van der Waals surface area contributed by atoms with Crippen LogP contribution in [0.2, 0.25) is 0 Å². The quantitative estimate of drug-likeness (QED) is 0.747. The monoisotopic (exact) mass is 379 g/mol. The average molecular weight is 379 g/mol. The van der Waals surface area contributed by atoms with Crippen LogP contribution in [0.15, 0.2) is 34.9 Å². The summed E-state index contributed by atoms with van der Waals surface area (Å²) in [4.78, 5) is 27.0. The number of benzene rings is 1. The zero-order valence-electron chi connectivity index (χ0n) is 15.4. The van der Waals surface area contributed by atoms with Gasteiger partial charge in [0, 0.05) is 24.5 Å². The van der Waals surface area contributed by atoms with Crippen LogP contribution in [-0.2, 0) is 24.3 Å². The Kier molecular flexibility index (Phi) is 4.11. The minimum Gasteiger partial charge on any atom is -0.356 e. The third kappa shape index (κ3) is 3.26. The fraction of sp³-hybridized carbons (Fsp3) is 0.400. The van der Waals surface area contributed by atoms with Gasteiger partial charge in [-0.1, -0.05) is 17.3 Å². The van der Waals surface area contributed by atoms with Crippen molar-refractivity contribution in [2.45, 2.75) is 44.8 Å². The number of fused-ring (bicyclic) bond motifs is 2. The van der Waals surface area contributed by atoms with Crippen LogP contribution in [0.5, 0.6) is 0 Å². The molecule has 2 aromatic heterocycles. The van der Waals surface area contributed by atoms with E-state index in [1.54, 1.807) is 6.07 Å². The molecule has 1 aromatic carbocycles. The first-order valence-corrected chi connectivity index (χ1v) is 9.66. The maximum absolute atomic E-state index is 12.9. The smallest absolute Gasteiger partial charge is 0.272 e. The first-order valence-electron chi connectivity index (χ1n) is 9.66. The largest absolute Gasteiger partial charge is 0.356 e. The Hall–Kier alpha value is -3.16. The molecule has 1 fully saturated rings. The highest BCUT2D eigenvalue weighted by molar-refractivity contribution is 5.92. The van der Waals surface area contributed by atoms with E-state index in [1.807, 2.05) is 33.8 Å². The number of rotatable bonds is 4. The van der Waals surface area contributed by atoms with Gasteiger partial charge in [-0.15, -0.1) is 0 Å². The summed E-state index contributed by atoms with van der Waals surface area (Å²) in [5.74, 6) is -0.132. The van der Waals surface area contributed by atoms with Crippen LogP contribution < -0.4 is 5.32 Å². The summed E-state index contributed by atoms with van der Waals surface area (Å²) in [5.41, 5.74) is 2.66. The van der Waals surface area contributed by atoms with Gasteiger partial charge in [0.1, 0.15) is 5.69 Å². The number of aromatic nitrogens is 3. The van der Waals surface area contributed by atoms with Gasteiger partial charge in [-0.3, -0.25) is 14.3 Å². The molecule has 0 bridgehead atoms. The molecular weight excluding hydrogens is 358 g/mol. The summed E-state index contributed by atoms with van der Waals surface area (Å²) in [6.45, 7) is 1.79.